The lowest BCUT2D eigenvalue weighted by Gasteiger charge is -2.12. The molecule has 3 rings (SSSR count). The molecule has 10 heteroatoms. The van der Waals surface area contributed by atoms with Crippen molar-refractivity contribution in [1.29, 1.82) is 0 Å². The summed E-state index contributed by atoms with van der Waals surface area (Å²) >= 11 is 1.24. The molecular weight excluding hydrogens is 396 g/mol. The van der Waals surface area contributed by atoms with E-state index in [0.29, 0.717) is 10.8 Å². The van der Waals surface area contributed by atoms with E-state index in [1.165, 1.54) is 30.4 Å². The summed E-state index contributed by atoms with van der Waals surface area (Å²) in [7, 11) is 0. The highest BCUT2D eigenvalue weighted by molar-refractivity contribution is 7.14. The number of esters is 1. The Hall–Kier alpha value is -3.79. The fourth-order valence-electron chi connectivity index (χ4n) is 2.39. The first-order chi connectivity index (χ1) is 13.8. The molecule has 0 bridgehead atoms. The van der Waals surface area contributed by atoms with E-state index >= 15 is 0 Å². The Morgan fingerprint density at radius 1 is 1.24 bits per heavy atom. The summed E-state index contributed by atoms with van der Waals surface area (Å²) in [5.41, 5.74) is 6.57. The second-order valence-electron chi connectivity index (χ2n) is 5.97. The average Bonchev–Trinajstić information content (AvgIpc) is 3.17. The number of ether oxygens (including phenoxy) is 1. The first kappa shape index (κ1) is 20.0. The number of carbonyl (C=O) groups excluding carboxylic acids is 2. The van der Waals surface area contributed by atoms with Gasteiger partial charge in [-0.2, -0.15) is 0 Å². The SMILES string of the molecule is C[C@H](OC(=O)c1ccc(N)c([N+](=O)[O-])c1)C(=O)Nc1nc(-c2ccccc2)cs1. The number of nitrogen functional groups attached to an aromatic ring is 1. The average molecular weight is 412 g/mol. The molecule has 1 aromatic heterocycles. The number of nitrogens with one attached hydrogen (secondary N) is 1. The van der Waals surface area contributed by atoms with E-state index in [0.717, 1.165) is 11.6 Å². The van der Waals surface area contributed by atoms with E-state index in [-0.39, 0.29) is 11.3 Å². The highest BCUT2D eigenvalue weighted by atomic mass is 32.1. The maximum absolute atomic E-state index is 12.3. The lowest BCUT2D eigenvalue weighted by molar-refractivity contribution is -0.383. The van der Waals surface area contributed by atoms with Crippen LogP contribution in [0.15, 0.2) is 53.9 Å². The molecule has 3 N–H and O–H groups in total. The van der Waals surface area contributed by atoms with E-state index in [1.807, 2.05) is 30.3 Å². The van der Waals surface area contributed by atoms with Crippen molar-refractivity contribution in [3.63, 3.8) is 0 Å². The smallest absolute Gasteiger partial charge is 0.339 e. The van der Waals surface area contributed by atoms with Crippen LogP contribution in [-0.2, 0) is 9.53 Å². The van der Waals surface area contributed by atoms with Gasteiger partial charge < -0.3 is 10.5 Å². The van der Waals surface area contributed by atoms with Crippen LogP contribution in [0.1, 0.15) is 17.3 Å². The van der Waals surface area contributed by atoms with Crippen LogP contribution in [0.3, 0.4) is 0 Å². The topological polar surface area (TPSA) is 137 Å². The molecule has 0 fully saturated rings. The highest BCUT2D eigenvalue weighted by Crippen LogP contribution is 2.25. The number of thiazole rings is 1. The van der Waals surface area contributed by atoms with Gasteiger partial charge in [0.05, 0.1) is 16.2 Å². The molecule has 1 heterocycles. The van der Waals surface area contributed by atoms with Gasteiger partial charge in [-0.1, -0.05) is 30.3 Å². The van der Waals surface area contributed by atoms with Gasteiger partial charge >= 0.3 is 5.97 Å². The van der Waals surface area contributed by atoms with Crippen LogP contribution in [0.2, 0.25) is 0 Å². The van der Waals surface area contributed by atoms with Crippen LogP contribution >= 0.6 is 11.3 Å². The zero-order valence-electron chi connectivity index (χ0n) is 15.2. The number of nitrogens with zero attached hydrogens (tertiary/aromatic N) is 2. The van der Waals surface area contributed by atoms with Gasteiger partial charge in [-0.05, 0) is 19.1 Å². The molecule has 1 atom stereocenters. The predicted octanol–water partition coefficient (Wildman–Crippen LogP) is 3.48. The van der Waals surface area contributed by atoms with Gasteiger partial charge in [-0.3, -0.25) is 20.2 Å². The number of carbonyl (C=O) groups is 2. The Morgan fingerprint density at radius 3 is 2.66 bits per heavy atom. The summed E-state index contributed by atoms with van der Waals surface area (Å²) in [5, 5.41) is 15.7. The van der Waals surface area contributed by atoms with Crippen LogP contribution in [-0.4, -0.2) is 27.9 Å². The number of rotatable bonds is 6. The quantitative estimate of drug-likeness (QED) is 0.273. The summed E-state index contributed by atoms with van der Waals surface area (Å²) < 4.78 is 5.10. The molecular formula is C19H16N4O5S. The van der Waals surface area contributed by atoms with Crippen molar-refractivity contribution in [1.82, 2.24) is 4.98 Å². The fraction of sp³-hybridized carbons (Fsp3) is 0.105. The summed E-state index contributed by atoms with van der Waals surface area (Å²) in [4.78, 5) is 39.1. The molecule has 0 spiro atoms. The maximum atomic E-state index is 12.3. The molecule has 0 unspecified atom stereocenters. The van der Waals surface area contributed by atoms with Crippen molar-refractivity contribution in [3.05, 3.63) is 69.6 Å². The molecule has 3 aromatic rings. The number of nitro groups is 1. The number of benzene rings is 2. The highest BCUT2D eigenvalue weighted by Gasteiger charge is 2.22. The normalized spacial score (nSPS) is 11.5. The minimum Gasteiger partial charge on any atom is -0.449 e. The third kappa shape index (κ3) is 4.74. The van der Waals surface area contributed by atoms with Gasteiger partial charge in [-0.15, -0.1) is 11.3 Å². The van der Waals surface area contributed by atoms with Crippen molar-refractivity contribution in [2.45, 2.75) is 13.0 Å². The van der Waals surface area contributed by atoms with Crippen LogP contribution in [0.5, 0.6) is 0 Å². The summed E-state index contributed by atoms with van der Waals surface area (Å²) in [5.74, 6) is -1.45. The summed E-state index contributed by atoms with van der Waals surface area (Å²) in [6.45, 7) is 1.39. The minimum atomic E-state index is -1.14. The Morgan fingerprint density at radius 2 is 1.97 bits per heavy atom. The number of amides is 1. The van der Waals surface area contributed by atoms with E-state index in [2.05, 4.69) is 10.3 Å². The summed E-state index contributed by atoms with van der Waals surface area (Å²) in [6, 6.07) is 13.0. The Bertz CT molecular complexity index is 1070. The number of hydrogen-bond acceptors (Lipinski definition) is 8. The molecule has 9 nitrogen and oxygen atoms in total. The zero-order chi connectivity index (χ0) is 21.0. The number of aromatic nitrogens is 1. The van der Waals surface area contributed by atoms with Crippen molar-refractivity contribution >= 4 is 39.7 Å². The van der Waals surface area contributed by atoms with E-state index in [4.69, 9.17) is 10.5 Å². The monoisotopic (exact) mass is 412 g/mol. The largest absolute Gasteiger partial charge is 0.449 e. The Balaban J connectivity index is 1.64. The van der Waals surface area contributed by atoms with Gasteiger partial charge in [0.2, 0.25) is 0 Å². The van der Waals surface area contributed by atoms with Crippen LogP contribution in [0, 0.1) is 10.1 Å². The molecule has 148 valence electrons. The van der Waals surface area contributed by atoms with Crippen LogP contribution < -0.4 is 11.1 Å². The van der Waals surface area contributed by atoms with Gasteiger partial charge in [0.25, 0.3) is 11.6 Å². The third-order valence-electron chi connectivity index (χ3n) is 3.92. The predicted molar refractivity (Wildman–Crippen MR) is 109 cm³/mol. The molecule has 0 saturated carbocycles. The van der Waals surface area contributed by atoms with Crippen molar-refractivity contribution in [3.8, 4) is 11.3 Å². The van der Waals surface area contributed by atoms with Crippen molar-refractivity contribution in [2.24, 2.45) is 0 Å². The Labute approximate surface area is 169 Å². The number of hydrogen-bond donors (Lipinski definition) is 2. The van der Waals surface area contributed by atoms with Gasteiger partial charge in [-0.25, -0.2) is 9.78 Å². The molecule has 2 aromatic carbocycles. The molecule has 0 radical (unpaired) electrons. The lowest BCUT2D eigenvalue weighted by atomic mass is 10.2. The summed E-state index contributed by atoms with van der Waals surface area (Å²) in [6.07, 6.45) is -1.14. The second-order valence-corrected chi connectivity index (χ2v) is 6.83. The molecule has 0 saturated heterocycles. The minimum absolute atomic E-state index is 0.0738. The Kier molecular flexibility index (Phi) is 5.84. The first-order valence-corrected chi connectivity index (χ1v) is 9.30. The van der Waals surface area contributed by atoms with Crippen molar-refractivity contribution < 1.29 is 19.2 Å². The lowest BCUT2D eigenvalue weighted by Crippen LogP contribution is -2.30. The van der Waals surface area contributed by atoms with E-state index in [9.17, 15) is 19.7 Å². The van der Waals surface area contributed by atoms with Gasteiger partial charge in [0, 0.05) is 17.0 Å². The molecule has 1 amide bonds. The van der Waals surface area contributed by atoms with E-state index < -0.39 is 28.6 Å². The maximum Gasteiger partial charge on any atom is 0.339 e. The molecule has 0 aliphatic carbocycles. The number of nitro benzene ring substituents is 1. The standard InChI is InChI=1S/C19H16N4O5S/c1-11(28-18(25)13-7-8-14(20)16(9-13)23(26)27)17(24)22-19-21-15(10-29-19)12-5-3-2-4-6-12/h2-11H,20H2,1H3,(H,21,22,24)/t11-/m0/s1. The van der Waals surface area contributed by atoms with Crippen LogP contribution in [0.4, 0.5) is 16.5 Å². The molecule has 29 heavy (non-hydrogen) atoms. The van der Waals surface area contributed by atoms with Crippen LogP contribution in [0.25, 0.3) is 11.3 Å². The fourth-order valence-corrected chi connectivity index (χ4v) is 3.11. The first-order valence-electron chi connectivity index (χ1n) is 8.42. The molecule has 0 aliphatic rings. The number of anilines is 2. The second kappa shape index (κ2) is 8.48. The van der Waals surface area contributed by atoms with Gasteiger partial charge in [0.15, 0.2) is 11.2 Å². The molecule has 0 aliphatic heterocycles. The van der Waals surface area contributed by atoms with Gasteiger partial charge in [0.1, 0.15) is 5.69 Å². The number of nitrogens with two attached hydrogens (primary N) is 1. The van der Waals surface area contributed by atoms with E-state index in [1.54, 1.807) is 5.38 Å². The third-order valence-corrected chi connectivity index (χ3v) is 4.68. The zero-order valence-corrected chi connectivity index (χ0v) is 16.0. The van der Waals surface area contributed by atoms with Crippen molar-refractivity contribution in [2.75, 3.05) is 11.1 Å².